The maximum atomic E-state index is 12.4. The quantitative estimate of drug-likeness (QED) is 0.544. The Bertz CT molecular complexity index is 933. The molecule has 0 heterocycles. The van der Waals surface area contributed by atoms with E-state index in [1.807, 2.05) is 50.2 Å². The third kappa shape index (κ3) is 7.24. The van der Waals surface area contributed by atoms with E-state index in [1.54, 1.807) is 23.9 Å². The van der Waals surface area contributed by atoms with Gasteiger partial charge in [-0.15, -0.1) is 0 Å². The van der Waals surface area contributed by atoms with Gasteiger partial charge in [0.1, 0.15) is 6.54 Å². The number of anilines is 1. The molecule has 0 bridgehead atoms. The highest BCUT2D eigenvalue weighted by Gasteiger charge is 2.23. The normalized spacial score (nSPS) is 11.5. The lowest BCUT2D eigenvalue weighted by Crippen LogP contribution is -2.41. The second kappa shape index (κ2) is 10.9. The zero-order valence-corrected chi connectivity index (χ0v) is 19.3. The molecule has 29 heavy (non-hydrogen) atoms. The molecule has 0 unspecified atom stereocenters. The van der Waals surface area contributed by atoms with Gasteiger partial charge in [0.05, 0.1) is 11.9 Å². The smallest absolute Gasteiger partial charge is 0.240 e. The van der Waals surface area contributed by atoms with Crippen molar-refractivity contribution in [2.75, 3.05) is 29.4 Å². The van der Waals surface area contributed by atoms with Gasteiger partial charge in [-0.05, 0) is 29.2 Å². The number of hydrogen-bond acceptors (Lipinski definition) is 4. The van der Waals surface area contributed by atoms with Crippen molar-refractivity contribution in [1.82, 2.24) is 5.32 Å². The van der Waals surface area contributed by atoms with Crippen molar-refractivity contribution in [2.24, 2.45) is 0 Å². The molecule has 0 fully saturated rings. The summed E-state index contributed by atoms with van der Waals surface area (Å²) in [6, 6.07) is 14.9. The molecule has 0 radical (unpaired) electrons. The van der Waals surface area contributed by atoms with Gasteiger partial charge in [0, 0.05) is 23.1 Å². The van der Waals surface area contributed by atoms with E-state index in [1.165, 1.54) is 4.31 Å². The fraction of sp³-hybridized carbons (Fsp3) is 0.381. The van der Waals surface area contributed by atoms with Crippen LogP contribution >= 0.6 is 23.4 Å². The van der Waals surface area contributed by atoms with Gasteiger partial charge in [0.2, 0.25) is 15.9 Å². The number of amides is 1. The van der Waals surface area contributed by atoms with Crippen molar-refractivity contribution >= 4 is 45.0 Å². The Morgan fingerprint density at radius 1 is 1.14 bits per heavy atom. The maximum absolute atomic E-state index is 12.4. The molecule has 2 aromatic carbocycles. The molecule has 0 atom stereocenters. The summed E-state index contributed by atoms with van der Waals surface area (Å²) in [7, 11) is -3.59. The van der Waals surface area contributed by atoms with Gasteiger partial charge < -0.3 is 5.32 Å². The van der Waals surface area contributed by atoms with Crippen LogP contribution in [0.5, 0.6) is 0 Å². The predicted octanol–water partition coefficient (Wildman–Crippen LogP) is 4.28. The van der Waals surface area contributed by atoms with Gasteiger partial charge in [-0.1, -0.05) is 61.8 Å². The van der Waals surface area contributed by atoms with Crippen molar-refractivity contribution in [3.05, 3.63) is 64.7 Å². The first-order valence-electron chi connectivity index (χ1n) is 9.34. The van der Waals surface area contributed by atoms with Gasteiger partial charge in [-0.2, -0.15) is 11.8 Å². The Morgan fingerprint density at radius 2 is 1.79 bits per heavy atom. The van der Waals surface area contributed by atoms with Crippen LogP contribution in [0.3, 0.4) is 0 Å². The molecule has 2 rings (SSSR count). The molecule has 8 heteroatoms. The number of carbonyl (C=O) groups is 1. The maximum Gasteiger partial charge on any atom is 0.240 e. The van der Waals surface area contributed by atoms with E-state index in [9.17, 15) is 13.2 Å². The van der Waals surface area contributed by atoms with Gasteiger partial charge in [0.25, 0.3) is 0 Å². The van der Waals surface area contributed by atoms with Gasteiger partial charge in [-0.3, -0.25) is 9.10 Å². The summed E-state index contributed by atoms with van der Waals surface area (Å²) in [5, 5.41) is 3.54. The van der Waals surface area contributed by atoms with Crippen LogP contribution in [0.2, 0.25) is 5.02 Å². The Morgan fingerprint density at radius 3 is 2.45 bits per heavy atom. The zero-order valence-electron chi connectivity index (χ0n) is 16.9. The molecule has 0 saturated heterocycles. The average molecular weight is 455 g/mol. The van der Waals surface area contributed by atoms with Crippen LogP contribution in [0.25, 0.3) is 0 Å². The summed E-state index contributed by atoms with van der Waals surface area (Å²) < 4.78 is 25.8. The number of sulfonamides is 1. The van der Waals surface area contributed by atoms with Crippen molar-refractivity contribution in [2.45, 2.75) is 25.5 Å². The van der Waals surface area contributed by atoms with Gasteiger partial charge in [-0.25, -0.2) is 8.42 Å². The molecule has 0 aliphatic rings. The second-order valence-electron chi connectivity index (χ2n) is 6.98. The topological polar surface area (TPSA) is 66.5 Å². The van der Waals surface area contributed by atoms with Crippen LogP contribution < -0.4 is 9.62 Å². The van der Waals surface area contributed by atoms with E-state index in [4.69, 9.17) is 11.6 Å². The first kappa shape index (κ1) is 23.6. The van der Waals surface area contributed by atoms with Crippen molar-refractivity contribution in [3.8, 4) is 0 Å². The van der Waals surface area contributed by atoms with E-state index in [0.717, 1.165) is 28.2 Å². The summed E-state index contributed by atoms with van der Waals surface area (Å²) in [5.41, 5.74) is 2.49. The highest BCUT2D eigenvalue weighted by atomic mass is 35.5. The SMILES string of the molecule is CC(C)c1ccccc1N(CC(=O)NCCSCc1ccccc1Cl)S(C)(=O)=O. The van der Waals surface area contributed by atoms with E-state index < -0.39 is 10.0 Å². The van der Waals surface area contributed by atoms with E-state index >= 15 is 0 Å². The molecule has 5 nitrogen and oxygen atoms in total. The van der Waals surface area contributed by atoms with E-state index in [-0.39, 0.29) is 18.4 Å². The van der Waals surface area contributed by atoms with Crippen molar-refractivity contribution in [3.63, 3.8) is 0 Å². The average Bonchev–Trinajstić information content (AvgIpc) is 2.66. The fourth-order valence-corrected chi connectivity index (χ4v) is 4.85. The summed E-state index contributed by atoms with van der Waals surface area (Å²) in [4.78, 5) is 12.4. The Labute approximate surface area is 182 Å². The van der Waals surface area contributed by atoms with Crippen LogP contribution in [0.15, 0.2) is 48.5 Å². The molecule has 2 aromatic rings. The van der Waals surface area contributed by atoms with Crippen LogP contribution in [-0.4, -0.2) is 39.4 Å². The van der Waals surface area contributed by atoms with Crippen LogP contribution in [0.1, 0.15) is 30.9 Å². The van der Waals surface area contributed by atoms with Gasteiger partial charge >= 0.3 is 0 Å². The lowest BCUT2D eigenvalue weighted by Gasteiger charge is -2.25. The number of hydrogen-bond donors (Lipinski definition) is 1. The number of nitrogens with one attached hydrogen (secondary N) is 1. The molecule has 0 aromatic heterocycles. The third-order valence-corrected chi connectivity index (χ3v) is 6.80. The molecule has 1 N–H and O–H groups in total. The number of nitrogens with zero attached hydrogens (tertiary/aromatic N) is 1. The van der Waals surface area contributed by atoms with Crippen LogP contribution in [0.4, 0.5) is 5.69 Å². The summed E-state index contributed by atoms with van der Waals surface area (Å²) in [6.07, 6.45) is 1.12. The summed E-state index contributed by atoms with van der Waals surface area (Å²) in [6.45, 7) is 4.21. The van der Waals surface area contributed by atoms with Crippen LogP contribution in [-0.2, 0) is 20.6 Å². The lowest BCUT2D eigenvalue weighted by molar-refractivity contribution is -0.119. The minimum absolute atomic E-state index is 0.139. The molecular weight excluding hydrogens is 428 g/mol. The Balaban J connectivity index is 1.92. The molecule has 0 saturated carbocycles. The number of thioether (sulfide) groups is 1. The van der Waals surface area contributed by atoms with Crippen molar-refractivity contribution in [1.29, 1.82) is 0 Å². The Hall–Kier alpha value is -1.70. The number of carbonyl (C=O) groups excluding carboxylic acids is 1. The fourth-order valence-electron chi connectivity index (χ4n) is 2.83. The largest absolute Gasteiger partial charge is 0.354 e. The molecule has 0 aliphatic carbocycles. The number of para-hydroxylation sites is 1. The van der Waals surface area contributed by atoms with E-state index in [0.29, 0.717) is 18.0 Å². The molecule has 158 valence electrons. The molecule has 0 spiro atoms. The summed E-state index contributed by atoms with van der Waals surface area (Å²) in [5.74, 6) is 1.28. The first-order chi connectivity index (χ1) is 13.7. The van der Waals surface area contributed by atoms with Gasteiger partial charge in [0.15, 0.2) is 0 Å². The third-order valence-electron chi connectivity index (χ3n) is 4.30. The van der Waals surface area contributed by atoms with E-state index in [2.05, 4.69) is 5.32 Å². The minimum atomic E-state index is -3.59. The monoisotopic (exact) mass is 454 g/mol. The number of halogens is 1. The standard InChI is InChI=1S/C21H27ClN2O3S2/c1-16(2)18-9-5-7-11-20(18)24(29(3,26)27)14-21(25)23-12-13-28-15-17-8-4-6-10-19(17)22/h4-11,16H,12-15H2,1-3H3,(H,23,25). The minimum Gasteiger partial charge on any atom is -0.354 e. The molecular formula is C21H27ClN2O3S2. The predicted molar refractivity (Wildman–Crippen MR) is 123 cm³/mol. The zero-order chi connectivity index (χ0) is 21.4. The number of benzene rings is 2. The highest BCUT2D eigenvalue weighted by Crippen LogP contribution is 2.28. The number of rotatable bonds is 10. The molecule has 1 amide bonds. The highest BCUT2D eigenvalue weighted by molar-refractivity contribution is 7.98. The lowest BCUT2D eigenvalue weighted by atomic mass is 10.0. The second-order valence-corrected chi connectivity index (χ2v) is 10.4. The Kier molecular flexibility index (Phi) is 8.86. The molecule has 0 aliphatic heterocycles. The summed E-state index contributed by atoms with van der Waals surface area (Å²) >= 11 is 7.79. The van der Waals surface area contributed by atoms with Crippen molar-refractivity contribution < 1.29 is 13.2 Å². The first-order valence-corrected chi connectivity index (χ1v) is 12.7. The van der Waals surface area contributed by atoms with Crippen LogP contribution in [0, 0.1) is 0 Å².